The first-order valence-corrected chi connectivity index (χ1v) is 5.59. The van der Waals surface area contributed by atoms with E-state index in [1.54, 1.807) is 18.2 Å². The molecule has 0 atom stereocenters. The highest BCUT2D eigenvalue weighted by molar-refractivity contribution is 6.30. The summed E-state index contributed by atoms with van der Waals surface area (Å²) in [5.74, 6) is -1.08. The number of hydrogen-bond donors (Lipinski definition) is 2. The van der Waals surface area contributed by atoms with Gasteiger partial charge in [-0.3, -0.25) is 4.79 Å². The van der Waals surface area contributed by atoms with Crippen LogP contribution in [-0.4, -0.2) is 16.1 Å². The van der Waals surface area contributed by atoms with Crippen molar-refractivity contribution in [2.45, 2.75) is 6.92 Å². The van der Waals surface area contributed by atoms with Crippen LogP contribution in [-0.2, 0) is 0 Å². The third-order valence-corrected chi connectivity index (χ3v) is 2.86. The molecule has 2 aromatic rings. The second kappa shape index (κ2) is 4.66. The first-order chi connectivity index (χ1) is 8.49. The largest absolute Gasteiger partial charge is 0.478 e. The number of halogens is 1. The smallest absolute Gasteiger partial charge is 0.337 e. The quantitative estimate of drug-likeness (QED) is 0.875. The van der Waals surface area contributed by atoms with Gasteiger partial charge in [0.1, 0.15) is 0 Å². The number of carboxylic acid groups (broad SMARTS) is 1. The van der Waals surface area contributed by atoms with E-state index < -0.39 is 5.97 Å². The Morgan fingerprint density at radius 1 is 1.28 bits per heavy atom. The molecule has 0 spiro atoms. The molecular weight excluding hydrogens is 254 g/mol. The predicted octanol–water partition coefficient (Wildman–Crippen LogP) is 2.70. The van der Waals surface area contributed by atoms with E-state index in [1.165, 1.54) is 12.3 Å². The van der Waals surface area contributed by atoms with E-state index in [2.05, 4.69) is 4.98 Å². The molecule has 1 heterocycles. The molecular formula is C13H10ClNO3. The monoisotopic (exact) mass is 263 g/mol. The Morgan fingerprint density at radius 3 is 2.61 bits per heavy atom. The second-order valence-corrected chi connectivity index (χ2v) is 4.33. The molecule has 2 rings (SSSR count). The number of nitrogens with one attached hydrogen (secondary N) is 1. The zero-order chi connectivity index (χ0) is 13.3. The van der Waals surface area contributed by atoms with Gasteiger partial charge in [-0.1, -0.05) is 17.7 Å². The Balaban J connectivity index is 2.66. The van der Waals surface area contributed by atoms with Gasteiger partial charge in [0.2, 0.25) is 0 Å². The van der Waals surface area contributed by atoms with Gasteiger partial charge >= 0.3 is 5.97 Å². The standard InChI is InChI=1S/C13H10ClNO3/c1-7-4-9(14)2-3-10(7)11-5-8(13(17)18)6-15-12(11)16/h2-6H,1H3,(H,15,16)(H,17,18). The zero-order valence-electron chi connectivity index (χ0n) is 9.53. The van der Waals surface area contributed by atoms with E-state index in [0.717, 1.165) is 5.56 Å². The fourth-order valence-electron chi connectivity index (χ4n) is 1.74. The van der Waals surface area contributed by atoms with Crippen molar-refractivity contribution in [2.75, 3.05) is 0 Å². The van der Waals surface area contributed by atoms with Crippen LogP contribution >= 0.6 is 11.6 Å². The van der Waals surface area contributed by atoms with Gasteiger partial charge < -0.3 is 10.1 Å². The molecule has 0 radical (unpaired) electrons. The van der Waals surface area contributed by atoms with E-state index in [4.69, 9.17) is 16.7 Å². The highest BCUT2D eigenvalue weighted by atomic mass is 35.5. The van der Waals surface area contributed by atoms with E-state index in [0.29, 0.717) is 16.1 Å². The number of carboxylic acids is 1. The summed E-state index contributed by atoms with van der Waals surface area (Å²) in [7, 11) is 0. The molecule has 0 bridgehead atoms. The van der Waals surface area contributed by atoms with Crippen LogP contribution in [0.5, 0.6) is 0 Å². The maximum Gasteiger partial charge on any atom is 0.337 e. The molecule has 0 unspecified atom stereocenters. The van der Waals surface area contributed by atoms with Crippen LogP contribution in [0.4, 0.5) is 0 Å². The number of aromatic amines is 1. The van der Waals surface area contributed by atoms with Gasteiger partial charge in [-0.2, -0.15) is 0 Å². The van der Waals surface area contributed by atoms with Crippen molar-refractivity contribution < 1.29 is 9.90 Å². The third-order valence-electron chi connectivity index (χ3n) is 2.63. The van der Waals surface area contributed by atoms with Crippen LogP contribution in [0.15, 0.2) is 35.3 Å². The Morgan fingerprint density at radius 2 is 2.00 bits per heavy atom. The second-order valence-electron chi connectivity index (χ2n) is 3.90. The first-order valence-electron chi connectivity index (χ1n) is 5.21. The molecule has 0 saturated carbocycles. The molecule has 92 valence electrons. The molecule has 0 aliphatic heterocycles. The van der Waals surface area contributed by atoms with Gasteiger partial charge in [0.25, 0.3) is 5.56 Å². The third kappa shape index (κ3) is 2.28. The number of aromatic carboxylic acids is 1. The Labute approximate surface area is 108 Å². The van der Waals surface area contributed by atoms with Gasteiger partial charge in [-0.25, -0.2) is 4.79 Å². The topological polar surface area (TPSA) is 70.2 Å². The maximum absolute atomic E-state index is 11.8. The predicted molar refractivity (Wildman–Crippen MR) is 69.2 cm³/mol. The minimum absolute atomic E-state index is 0.0407. The van der Waals surface area contributed by atoms with E-state index in [1.807, 2.05) is 6.92 Å². The summed E-state index contributed by atoms with van der Waals surface area (Å²) in [5.41, 5.74) is 1.52. The van der Waals surface area contributed by atoms with Crippen LogP contribution < -0.4 is 5.56 Å². The van der Waals surface area contributed by atoms with Crippen LogP contribution in [0.2, 0.25) is 5.02 Å². The molecule has 1 aromatic carbocycles. The average molecular weight is 264 g/mol. The van der Waals surface area contributed by atoms with E-state index in [-0.39, 0.29) is 11.1 Å². The molecule has 18 heavy (non-hydrogen) atoms. The average Bonchev–Trinajstić information content (AvgIpc) is 2.30. The van der Waals surface area contributed by atoms with Crippen molar-refractivity contribution in [2.24, 2.45) is 0 Å². The van der Waals surface area contributed by atoms with Gasteiger partial charge in [-0.05, 0) is 36.2 Å². The van der Waals surface area contributed by atoms with Gasteiger partial charge in [0.15, 0.2) is 0 Å². The van der Waals surface area contributed by atoms with Crippen LogP contribution in [0.25, 0.3) is 11.1 Å². The van der Waals surface area contributed by atoms with Gasteiger partial charge in [0.05, 0.1) is 5.56 Å². The Hall–Kier alpha value is -2.07. The van der Waals surface area contributed by atoms with E-state index >= 15 is 0 Å². The number of H-pyrrole nitrogens is 1. The molecule has 4 nitrogen and oxygen atoms in total. The molecule has 5 heteroatoms. The SMILES string of the molecule is Cc1cc(Cl)ccc1-c1cc(C(=O)O)c[nH]c1=O. The number of pyridine rings is 1. The molecule has 2 N–H and O–H groups in total. The lowest BCUT2D eigenvalue weighted by molar-refractivity contribution is 0.0696. The van der Waals surface area contributed by atoms with Crippen molar-refractivity contribution in [1.82, 2.24) is 4.98 Å². The van der Waals surface area contributed by atoms with Crippen molar-refractivity contribution in [3.05, 3.63) is 57.0 Å². The highest BCUT2D eigenvalue weighted by Crippen LogP contribution is 2.23. The lowest BCUT2D eigenvalue weighted by Crippen LogP contribution is -2.11. The maximum atomic E-state index is 11.8. The fourth-order valence-corrected chi connectivity index (χ4v) is 1.96. The van der Waals surface area contributed by atoms with E-state index in [9.17, 15) is 9.59 Å². The summed E-state index contributed by atoms with van der Waals surface area (Å²) in [5, 5.41) is 9.49. The summed E-state index contributed by atoms with van der Waals surface area (Å²) < 4.78 is 0. The molecule has 0 aliphatic carbocycles. The fraction of sp³-hybridized carbons (Fsp3) is 0.0769. The minimum Gasteiger partial charge on any atom is -0.478 e. The van der Waals surface area contributed by atoms with Crippen LogP contribution in [0.3, 0.4) is 0 Å². The number of benzene rings is 1. The highest BCUT2D eigenvalue weighted by Gasteiger charge is 2.11. The van der Waals surface area contributed by atoms with Crippen LogP contribution in [0, 0.1) is 6.92 Å². The summed E-state index contributed by atoms with van der Waals surface area (Å²) in [6, 6.07) is 6.45. The van der Waals surface area contributed by atoms with Gasteiger partial charge in [0, 0.05) is 16.8 Å². The van der Waals surface area contributed by atoms with Crippen molar-refractivity contribution in [3.8, 4) is 11.1 Å². The molecule has 1 aromatic heterocycles. The first kappa shape index (κ1) is 12.4. The van der Waals surface area contributed by atoms with Gasteiger partial charge in [-0.15, -0.1) is 0 Å². The summed E-state index contributed by atoms with van der Waals surface area (Å²) >= 11 is 5.85. The minimum atomic E-state index is -1.08. The number of aromatic nitrogens is 1. The van der Waals surface area contributed by atoms with Crippen molar-refractivity contribution in [1.29, 1.82) is 0 Å². The Kier molecular flexibility index (Phi) is 3.21. The van der Waals surface area contributed by atoms with Crippen molar-refractivity contribution >= 4 is 17.6 Å². The Bertz CT molecular complexity index is 676. The lowest BCUT2D eigenvalue weighted by atomic mass is 10.0. The number of carbonyl (C=O) groups is 1. The summed E-state index contributed by atoms with van der Waals surface area (Å²) in [4.78, 5) is 25.1. The number of hydrogen-bond acceptors (Lipinski definition) is 2. The molecule has 0 fully saturated rings. The molecule has 0 amide bonds. The molecule has 0 aliphatic rings. The van der Waals surface area contributed by atoms with Crippen LogP contribution in [0.1, 0.15) is 15.9 Å². The zero-order valence-corrected chi connectivity index (χ0v) is 10.3. The molecule has 0 saturated heterocycles. The summed E-state index contributed by atoms with van der Waals surface area (Å²) in [6.45, 7) is 1.81. The number of aryl methyl sites for hydroxylation is 1. The normalized spacial score (nSPS) is 10.3. The van der Waals surface area contributed by atoms with Crippen molar-refractivity contribution in [3.63, 3.8) is 0 Å². The number of rotatable bonds is 2. The summed E-state index contributed by atoms with van der Waals surface area (Å²) in [6.07, 6.45) is 1.18. The lowest BCUT2D eigenvalue weighted by Gasteiger charge is -2.06.